The predicted octanol–water partition coefficient (Wildman–Crippen LogP) is 6.50. The van der Waals surface area contributed by atoms with Crippen molar-refractivity contribution in [1.82, 2.24) is 0 Å². The molecule has 0 heterocycles. The van der Waals surface area contributed by atoms with Crippen molar-refractivity contribution in [2.24, 2.45) is 0 Å². The lowest BCUT2D eigenvalue weighted by atomic mass is 10.0. The van der Waals surface area contributed by atoms with Gasteiger partial charge in [0.1, 0.15) is 0 Å². The zero-order chi connectivity index (χ0) is 17.8. The van der Waals surface area contributed by atoms with E-state index in [0.29, 0.717) is 11.4 Å². The van der Waals surface area contributed by atoms with Crippen LogP contribution in [0.4, 0.5) is 11.4 Å². The number of benzene rings is 4. The highest BCUT2D eigenvalue weighted by Gasteiger charge is 2.09. The summed E-state index contributed by atoms with van der Waals surface area (Å²) in [6.45, 7) is 0. The van der Waals surface area contributed by atoms with Gasteiger partial charge < -0.3 is 0 Å². The van der Waals surface area contributed by atoms with Crippen LogP contribution in [0, 0.1) is 0 Å². The Morgan fingerprint density at radius 3 is 1.04 bits per heavy atom. The number of hydrogen-bond acceptors (Lipinski definition) is 1. The summed E-state index contributed by atoms with van der Waals surface area (Å²) in [5, 5.41) is 13.6. The highest BCUT2D eigenvalue weighted by molar-refractivity contribution is 5.70. The molecule has 1 radical (unpaired) electrons. The van der Waals surface area contributed by atoms with E-state index in [1.807, 2.05) is 84.9 Å². The first-order valence-electron chi connectivity index (χ1n) is 8.59. The van der Waals surface area contributed by atoms with E-state index < -0.39 is 0 Å². The van der Waals surface area contributed by atoms with Crippen molar-refractivity contribution in [3.8, 4) is 22.3 Å². The van der Waals surface area contributed by atoms with Crippen LogP contribution in [0.2, 0.25) is 0 Å². The molecule has 4 aromatic rings. The summed E-state index contributed by atoms with van der Waals surface area (Å²) < 4.78 is 0. The Hall–Kier alpha value is -3.36. The lowest BCUT2D eigenvalue weighted by Crippen LogP contribution is -2.07. The van der Waals surface area contributed by atoms with E-state index in [0.717, 1.165) is 27.3 Å². The van der Waals surface area contributed by atoms with E-state index in [-0.39, 0.29) is 0 Å². The minimum absolute atomic E-state index is 0.622. The van der Waals surface area contributed by atoms with Crippen LogP contribution in [-0.2, 0) is 5.21 Å². The van der Waals surface area contributed by atoms with Crippen LogP contribution >= 0.6 is 0 Å². The third-order valence-corrected chi connectivity index (χ3v) is 4.42. The van der Waals surface area contributed by atoms with Crippen molar-refractivity contribution >= 4 is 11.4 Å². The van der Waals surface area contributed by atoms with Gasteiger partial charge in [-0.1, -0.05) is 90.1 Å². The van der Waals surface area contributed by atoms with Crippen LogP contribution in [0.3, 0.4) is 0 Å². The standard InChI is InChI=1S/C24H18NO/c26-25(23-15-11-21(12-16-23)19-7-3-1-4-8-19)24-17-13-22(14-18-24)20-9-5-2-6-10-20/h1-18H. The van der Waals surface area contributed by atoms with E-state index in [2.05, 4.69) is 24.3 Å². The maximum atomic E-state index is 12.7. The number of anilines is 2. The van der Waals surface area contributed by atoms with Crippen LogP contribution in [0.25, 0.3) is 22.3 Å². The molecule has 2 heteroatoms. The predicted molar refractivity (Wildman–Crippen MR) is 107 cm³/mol. The zero-order valence-electron chi connectivity index (χ0n) is 14.2. The molecule has 0 spiro atoms. The third kappa shape index (κ3) is 3.37. The molecule has 0 unspecified atom stereocenters. The quantitative estimate of drug-likeness (QED) is 0.390. The Morgan fingerprint density at radius 1 is 0.385 bits per heavy atom. The Labute approximate surface area is 153 Å². The van der Waals surface area contributed by atoms with Gasteiger partial charge in [-0.25, -0.2) is 0 Å². The number of hydrogen-bond donors (Lipinski definition) is 0. The first-order valence-corrected chi connectivity index (χ1v) is 8.59. The number of rotatable bonds is 4. The van der Waals surface area contributed by atoms with Gasteiger partial charge in [-0.3, -0.25) is 0 Å². The summed E-state index contributed by atoms with van der Waals surface area (Å²) in [5.41, 5.74) is 5.73. The second-order valence-corrected chi connectivity index (χ2v) is 6.12. The molecule has 4 rings (SSSR count). The maximum Gasteiger partial charge on any atom is 0.0727 e. The van der Waals surface area contributed by atoms with Crippen LogP contribution in [0.5, 0.6) is 0 Å². The van der Waals surface area contributed by atoms with E-state index >= 15 is 0 Å². The van der Waals surface area contributed by atoms with E-state index in [9.17, 15) is 5.21 Å². The van der Waals surface area contributed by atoms with Gasteiger partial charge in [0.05, 0.1) is 11.4 Å². The van der Waals surface area contributed by atoms with E-state index in [4.69, 9.17) is 0 Å². The molecule has 0 fully saturated rings. The smallest absolute Gasteiger partial charge is 0.0727 e. The molecule has 26 heavy (non-hydrogen) atoms. The Morgan fingerprint density at radius 2 is 0.692 bits per heavy atom. The van der Waals surface area contributed by atoms with Crippen LogP contribution in [-0.4, -0.2) is 0 Å². The van der Waals surface area contributed by atoms with Crippen molar-refractivity contribution < 1.29 is 5.21 Å². The molecular weight excluding hydrogens is 318 g/mol. The highest BCUT2D eigenvalue weighted by atomic mass is 16.5. The first-order chi connectivity index (χ1) is 12.8. The Balaban J connectivity index is 1.55. The minimum atomic E-state index is 0.622. The molecule has 0 saturated carbocycles. The fourth-order valence-corrected chi connectivity index (χ4v) is 2.99. The van der Waals surface area contributed by atoms with Gasteiger partial charge in [-0.05, 0) is 46.5 Å². The van der Waals surface area contributed by atoms with Crippen molar-refractivity contribution in [3.63, 3.8) is 0 Å². The lowest BCUT2D eigenvalue weighted by molar-refractivity contribution is 0.196. The normalized spacial score (nSPS) is 10.5. The summed E-state index contributed by atoms with van der Waals surface area (Å²) in [6.07, 6.45) is 0. The number of nitrogens with zero attached hydrogens (tertiary/aromatic N) is 1. The molecule has 0 atom stereocenters. The highest BCUT2D eigenvalue weighted by Crippen LogP contribution is 2.29. The largest absolute Gasteiger partial charge is 0.188 e. The van der Waals surface area contributed by atoms with Crippen LogP contribution in [0.15, 0.2) is 109 Å². The Kier molecular flexibility index (Phi) is 4.50. The molecule has 125 valence electrons. The van der Waals surface area contributed by atoms with Gasteiger partial charge in [-0.15, -0.1) is 0 Å². The fraction of sp³-hybridized carbons (Fsp3) is 0. The average molecular weight is 336 g/mol. The molecule has 0 aliphatic heterocycles. The molecule has 2 nitrogen and oxygen atoms in total. The zero-order valence-corrected chi connectivity index (χ0v) is 14.2. The van der Waals surface area contributed by atoms with Gasteiger partial charge in [0.2, 0.25) is 0 Å². The molecular formula is C24H18NO. The van der Waals surface area contributed by atoms with Gasteiger partial charge in [0.25, 0.3) is 0 Å². The topological polar surface area (TPSA) is 23.1 Å². The summed E-state index contributed by atoms with van der Waals surface area (Å²) in [4.78, 5) is 0. The second kappa shape index (κ2) is 7.26. The summed E-state index contributed by atoms with van der Waals surface area (Å²) in [7, 11) is 0. The van der Waals surface area contributed by atoms with E-state index in [1.165, 1.54) is 0 Å². The average Bonchev–Trinajstić information content (AvgIpc) is 2.75. The maximum absolute atomic E-state index is 12.7. The van der Waals surface area contributed by atoms with Gasteiger partial charge in [0.15, 0.2) is 0 Å². The van der Waals surface area contributed by atoms with Gasteiger partial charge in [-0.2, -0.15) is 5.06 Å². The molecule has 0 aliphatic rings. The van der Waals surface area contributed by atoms with Crippen molar-refractivity contribution in [2.75, 3.05) is 5.06 Å². The second-order valence-electron chi connectivity index (χ2n) is 6.12. The molecule has 0 aromatic heterocycles. The lowest BCUT2D eigenvalue weighted by Gasteiger charge is -2.15. The van der Waals surface area contributed by atoms with Crippen molar-refractivity contribution in [3.05, 3.63) is 109 Å². The van der Waals surface area contributed by atoms with E-state index in [1.54, 1.807) is 0 Å². The van der Waals surface area contributed by atoms with Crippen molar-refractivity contribution in [2.45, 2.75) is 0 Å². The van der Waals surface area contributed by atoms with Crippen LogP contribution in [0.1, 0.15) is 0 Å². The molecule has 0 amide bonds. The molecule has 0 N–H and O–H groups in total. The summed E-state index contributed by atoms with van der Waals surface area (Å²) in [6, 6.07) is 35.7. The minimum Gasteiger partial charge on any atom is -0.188 e. The molecule has 0 saturated heterocycles. The SMILES string of the molecule is [O]N(c1ccc(-c2ccccc2)cc1)c1ccc(-c2ccccc2)cc1. The summed E-state index contributed by atoms with van der Waals surface area (Å²) in [5.74, 6) is 0. The molecule has 4 aromatic carbocycles. The van der Waals surface area contributed by atoms with Crippen LogP contribution < -0.4 is 5.06 Å². The fourth-order valence-electron chi connectivity index (χ4n) is 2.99. The molecule has 0 aliphatic carbocycles. The first kappa shape index (κ1) is 16.1. The monoisotopic (exact) mass is 336 g/mol. The van der Waals surface area contributed by atoms with Gasteiger partial charge in [0, 0.05) is 0 Å². The van der Waals surface area contributed by atoms with Crippen molar-refractivity contribution in [1.29, 1.82) is 0 Å². The van der Waals surface area contributed by atoms with Gasteiger partial charge >= 0.3 is 0 Å². The summed E-state index contributed by atoms with van der Waals surface area (Å²) >= 11 is 0. The Bertz CT molecular complexity index is 879. The third-order valence-electron chi connectivity index (χ3n) is 4.42. The molecule has 0 bridgehead atoms.